The van der Waals surface area contributed by atoms with Gasteiger partial charge >= 0.3 is 5.97 Å². The lowest BCUT2D eigenvalue weighted by Crippen LogP contribution is -2.48. The number of aromatic carboxylic acids is 1. The van der Waals surface area contributed by atoms with Crippen molar-refractivity contribution in [3.63, 3.8) is 0 Å². The van der Waals surface area contributed by atoms with Gasteiger partial charge in [-0.05, 0) is 44.6 Å². The van der Waals surface area contributed by atoms with Crippen LogP contribution in [0.3, 0.4) is 0 Å². The van der Waals surface area contributed by atoms with Crippen LogP contribution >= 0.6 is 0 Å². The van der Waals surface area contributed by atoms with Crippen molar-refractivity contribution >= 4 is 11.8 Å². The van der Waals surface area contributed by atoms with Gasteiger partial charge in [0.15, 0.2) is 5.78 Å². The number of Topliss-reactive ketones (excluding diaryl/α,β-unsaturated/α-hetero) is 1. The fourth-order valence-corrected chi connectivity index (χ4v) is 5.38. The number of likely N-dealkylation sites (tertiary alicyclic amines) is 1. The zero-order chi connectivity index (χ0) is 28.1. The highest BCUT2D eigenvalue weighted by Gasteiger charge is 2.23. The first-order valence-electron chi connectivity index (χ1n) is 15.7. The van der Waals surface area contributed by atoms with Crippen molar-refractivity contribution in [1.82, 2.24) is 0 Å². The number of unbranched alkanes of at least 4 members (excludes halogenated alkanes) is 13. The van der Waals surface area contributed by atoms with Crippen molar-refractivity contribution in [1.29, 1.82) is 0 Å². The molecule has 0 radical (unpaired) electrons. The Balaban J connectivity index is 0.000000415. The molecule has 0 atom stereocenters. The predicted octanol–water partition coefficient (Wildman–Crippen LogP) is 8.54. The molecule has 38 heavy (non-hydrogen) atoms. The van der Waals surface area contributed by atoms with Gasteiger partial charge in [-0.15, -0.1) is 0 Å². The lowest BCUT2D eigenvalue weighted by molar-refractivity contribution is -0.914. The first-order chi connectivity index (χ1) is 18.3. The lowest BCUT2D eigenvalue weighted by atomic mass is 10.0. The van der Waals surface area contributed by atoms with E-state index < -0.39 is 11.7 Å². The Kier molecular flexibility index (Phi) is 18.9. The molecule has 0 aliphatic carbocycles. The van der Waals surface area contributed by atoms with Crippen LogP contribution in [0.1, 0.15) is 157 Å². The summed E-state index contributed by atoms with van der Waals surface area (Å²) in [5.74, 6) is -1.93. The molecule has 1 N–H and O–H groups in total. The van der Waals surface area contributed by atoms with Crippen LogP contribution in [0.25, 0.3) is 0 Å². The maximum Gasteiger partial charge on any atom is 0.335 e. The van der Waals surface area contributed by atoms with Gasteiger partial charge in [0, 0.05) is 12.0 Å². The molecule has 0 amide bonds. The maximum atomic E-state index is 12.0. The number of carboxylic acids is 1. The van der Waals surface area contributed by atoms with Gasteiger partial charge in [-0.2, -0.15) is 0 Å². The lowest BCUT2D eigenvalue weighted by Gasteiger charge is -2.37. The average Bonchev–Trinajstić information content (AvgIpc) is 2.90. The van der Waals surface area contributed by atoms with Gasteiger partial charge in [-0.3, -0.25) is 4.79 Å². The number of hydrogen-bond donors (Lipinski definition) is 1. The summed E-state index contributed by atoms with van der Waals surface area (Å²) < 4.78 is 1.37. The fourth-order valence-electron chi connectivity index (χ4n) is 5.38. The number of benzene rings is 1. The molecule has 1 fully saturated rings. The molecule has 1 aliphatic rings. The Morgan fingerprint density at radius 2 is 1.26 bits per heavy atom. The third-order valence-electron chi connectivity index (χ3n) is 7.99. The Hall–Kier alpha value is -1.88. The van der Waals surface area contributed by atoms with E-state index in [1.54, 1.807) is 0 Å². The summed E-state index contributed by atoms with van der Waals surface area (Å²) in [7, 11) is 2.46. The Morgan fingerprint density at radius 1 is 0.763 bits per heavy atom. The molecular weight excluding hydrogens is 474 g/mol. The van der Waals surface area contributed by atoms with Gasteiger partial charge in [-0.1, -0.05) is 109 Å². The number of rotatable bonds is 19. The smallest absolute Gasteiger partial charge is 0.335 e. The molecule has 5 heteroatoms. The monoisotopic (exact) mass is 531 g/mol. The number of ketones is 1. The van der Waals surface area contributed by atoms with E-state index in [1.165, 1.54) is 133 Å². The Bertz CT molecular complexity index is 770. The second-order valence-electron chi connectivity index (χ2n) is 11.6. The van der Waals surface area contributed by atoms with E-state index >= 15 is 0 Å². The van der Waals surface area contributed by atoms with Gasteiger partial charge in [0.25, 0.3) is 0 Å². The summed E-state index contributed by atoms with van der Waals surface area (Å²) >= 11 is 0. The number of carbonyl (C=O) groups is 2. The summed E-state index contributed by atoms with van der Waals surface area (Å²) in [5, 5.41) is 20.3. The molecule has 1 aromatic carbocycles. The number of carboxylic acid groups (broad SMARTS) is 1. The molecule has 218 valence electrons. The Morgan fingerprint density at radius 3 is 1.79 bits per heavy atom. The van der Waals surface area contributed by atoms with E-state index in [4.69, 9.17) is 5.11 Å². The van der Waals surface area contributed by atoms with Crippen LogP contribution in [0, 0.1) is 0 Å². The van der Waals surface area contributed by atoms with Crippen molar-refractivity contribution in [2.24, 2.45) is 0 Å². The standard InChI is InChI=1S/C19H28O4.C14H30N/c1-2-3-4-5-6-7-8-9-10-11-17(20)15-12-13-18(21)16(14-15)19(22)23;1-3-4-5-6-7-9-12-15(2)13-10-8-11-14-15/h12-14,21H,2-11H2,1H3,(H,22,23);3-14H2,1-2H3/q;+1/p-1. The van der Waals surface area contributed by atoms with Crippen LogP contribution in [-0.4, -0.2) is 48.0 Å². The number of quaternary nitrogens is 1. The topological polar surface area (TPSA) is 77.4 Å². The van der Waals surface area contributed by atoms with Crippen LogP contribution in [0.15, 0.2) is 18.2 Å². The number of carbonyl (C=O) groups excluding carboxylic acids is 1. The van der Waals surface area contributed by atoms with Gasteiger partial charge in [0.05, 0.1) is 32.2 Å². The van der Waals surface area contributed by atoms with Crippen LogP contribution in [0.5, 0.6) is 5.75 Å². The molecule has 1 aliphatic heterocycles. The molecule has 1 aromatic rings. The first kappa shape index (κ1) is 34.1. The van der Waals surface area contributed by atoms with Gasteiger partial charge in [0.2, 0.25) is 0 Å². The van der Waals surface area contributed by atoms with Crippen molar-refractivity contribution in [3.05, 3.63) is 29.3 Å². The molecule has 0 spiro atoms. The van der Waals surface area contributed by atoms with E-state index in [9.17, 15) is 14.7 Å². The fraction of sp³-hybridized carbons (Fsp3) is 0.758. The summed E-state index contributed by atoms with van der Waals surface area (Å²) in [4.78, 5) is 23.0. The summed E-state index contributed by atoms with van der Waals surface area (Å²) in [6.45, 7) is 8.82. The van der Waals surface area contributed by atoms with E-state index in [2.05, 4.69) is 20.9 Å². The summed E-state index contributed by atoms with van der Waals surface area (Å²) in [6, 6.07) is 3.78. The molecule has 0 aromatic heterocycles. The molecule has 5 nitrogen and oxygen atoms in total. The second kappa shape index (κ2) is 21.0. The number of hydrogen-bond acceptors (Lipinski definition) is 3. The van der Waals surface area contributed by atoms with Crippen molar-refractivity contribution < 1.29 is 24.3 Å². The van der Waals surface area contributed by atoms with Gasteiger partial charge < -0.3 is 14.7 Å². The first-order valence-corrected chi connectivity index (χ1v) is 15.7. The van der Waals surface area contributed by atoms with Gasteiger partial charge in [0.1, 0.15) is 0 Å². The van der Waals surface area contributed by atoms with Crippen molar-refractivity contribution in [3.8, 4) is 5.75 Å². The highest BCUT2D eigenvalue weighted by Crippen LogP contribution is 2.19. The highest BCUT2D eigenvalue weighted by atomic mass is 16.4. The van der Waals surface area contributed by atoms with Crippen molar-refractivity contribution in [2.45, 2.75) is 136 Å². The van der Waals surface area contributed by atoms with Crippen LogP contribution in [-0.2, 0) is 0 Å². The third kappa shape index (κ3) is 15.5. The quantitative estimate of drug-likeness (QED) is 0.110. The number of piperidine rings is 1. The second-order valence-corrected chi connectivity index (χ2v) is 11.6. The van der Waals surface area contributed by atoms with Crippen molar-refractivity contribution in [2.75, 3.05) is 26.7 Å². The zero-order valence-corrected chi connectivity index (χ0v) is 24.9. The normalized spacial score (nSPS) is 14.5. The molecule has 0 unspecified atom stereocenters. The molecule has 0 bridgehead atoms. The van der Waals surface area contributed by atoms with Crippen LogP contribution in [0.4, 0.5) is 0 Å². The Labute approximate surface area is 233 Å². The minimum absolute atomic E-state index is 0.0876. The SMILES string of the molecule is CCCCCCCCCCCC(=O)c1ccc([O-])c(C(=O)O)c1.CCCCCCCC[N+]1(C)CCCCC1. The molecule has 2 rings (SSSR count). The minimum Gasteiger partial charge on any atom is -0.872 e. The molecule has 1 heterocycles. The third-order valence-corrected chi connectivity index (χ3v) is 7.99. The van der Waals surface area contributed by atoms with Crippen LogP contribution in [0.2, 0.25) is 0 Å². The zero-order valence-electron chi connectivity index (χ0n) is 24.9. The predicted molar refractivity (Wildman–Crippen MR) is 157 cm³/mol. The van der Waals surface area contributed by atoms with Gasteiger partial charge in [-0.25, -0.2) is 4.79 Å². The molecule has 0 saturated carbocycles. The molecular formula is C33H57NO4. The molecule has 1 saturated heterocycles. The summed E-state index contributed by atoms with van der Waals surface area (Å²) in [5.41, 5.74) is -0.00973. The number of nitrogens with zero attached hydrogens (tertiary/aromatic N) is 1. The average molecular weight is 532 g/mol. The van der Waals surface area contributed by atoms with Crippen LogP contribution < -0.4 is 5.11 Å². The largest absolute Gasteiger partial charge is 0.872 e. The van der Waals surface area contributed by atoms with E-state index in [0.29, 0.717) is 12.0 Å². The minimum atomic E-state index is -1.28. The maximum absolute atomic E-state index is 12.0. The highest BCUT2D eigenvalue weighted by molar-refractivity contribution is 5.99. The van der Waals surface area contributed by atoms with E-state index in [0.717, 1.165) is 25.3 Å². The van der Waals surface area contributed by atoms with E-state index in [-0.39, 0.29) is 11.3 Å². The van der Waals surface area contributed by atoms with E-state index in [1.807, 2.05) is 0 Å². The summed E-state index contributed by atoms with van der Waals surface area (Å²) in [6.07, 6.45) is 24.1.